The number of ether oxygens (including phenoxy) is 2. The van der Waals surface area contributed by atoms with E-state index in [0.717, 1.165) is 50.8 Å². The number of nitrogens with zero attached hydrogens (tertiary/aromatic N) is 2. The van der Waals surface area contributed by atoms with Crippen LogP contribution >= 0.6 is 0 Å². The molecule has 0 aromatic rings. The Morgan fingerprint density at radius 2 is 1.63 bits per heavy atom. The first-order valence-corrected chi connectivity index (χ1v) is 11.7. The molecule has 7 atom stereocenters. The van der Waals surface area contributed by atoms with Gasteiger partial charge in [-0.2, -0.15) is 0 Å². The average Bonchev–Trinajstić information content (AvgIpc) is 3.50. The number of carbonyl (C=O) groups is 2. The minimum Gasteiger partial charge on any atom is -0.450 e. The molecule has 6 nitrogen and oxygen atoms in total. The molecule has 8 rings (SSSR count). The van der Waals surface area contributed by atoms with Gasteiger partial charge < -0.3 is 9.47 Å². The Labute approximate surface area is 175 Å². The highest BCUT2D eigenvalue weighted by Gasteiger charge is 2.68. The van der Waals surface area contributed by atoms with Gasteiger partial charge in [0.05, 0.1) is 12.1 Å². The third-order valence-electron chi connectivity index (χ3n) is 9.65. The Bertz CT molecular complexity index is 1010. The van der Waals surface area contributed by atoms with Crippen LogP contribution in [0.4, 0.5) is 0 Å². The summed E-state index contributed by atoms with van der Waals surface area (Å²) in [5, 5.41) is 0. The molecule has 1 saturated carbocycles. The average molecular weight is 406 g/mol. The fourth-order valence-corrected chi connectivity index (χ4v) is 8.80. The summed E-state index contributed by atoms with van der Waals surface area (Å²) in [4.78, 5) is 30.1. The van der Waals surface area contributed by atoms with Gasteiger partial charge in [0, 0.05) is 48.6 Å². The van der Waals surface area contributed by atoms with Gasteiger partial charge in [0.2, 0.25) is 0 Å². The summed E-state index contributed by atoms with van der Waals surface area (Å²) in [5.41, 5.74) is 2.87. The summed E-state index contributed by atoms with van der Waals surface area (Å²) < 4.78 is 12.1. The molecular weight excluding hydrogens is 380 g/mol. The fourth-order valence-electron chi connectivity index (χ4n) is 8.80. The SMILES string of the molecule is O=C1C=C2C([C@H]3CC4=CC(=O)O[C@@]45C[C@@H]3N3CCC[C@@H]35)=C[C@@H]3C[C@@]2(O1)[C@H]1CCCN31. The van der Waals surface area contributed by atoms with E-state index in [2.05, 4.69) is 15.9 Å². The lowest BCUT2D eigenvalue weighted by atomic mass is 9.66. The number of esters is 2. The van der Waals surface area contributed by atoms with Crippen LogP contribution in [0.1, 0.15) is 44.9 Å². The molecule has 0 radical (unpaired) electrons. The van der Waals surface area contributed by atoms with Crippen molar-refractivity contribution in [3.05, 3.63) is 34.9 Å². The molecule has 6 aliphatic heterocycles. The molecule has 156 valence electrons. The normalized spacial score (nSPS) is 50.4. The molecule has 4 saturated heterocycles. The van der Waals surface area contributed by atoms with Crippen molar-refractivity contribution in [2.75, 3.05) is 13.1 Å². The molecule has 6 heteroatoms. The molecule has 6 heterocycles. The van der Waals surface area contributed by atoms with Crippen molar-refractivity contribution in [2.45, 2.75) is 80.3 Å². The minimum atomic E-state index is -0.434. The summed E-state index contributed by atoms with van der Waals surface area (Å²) in [6.07, 6.45) is 13.3. The van der Waals surface area contributed by atoms with E-state index in [4.69, 9.17) is 9.47 Å². The zero-order valence-electron chi connectivity index (χ0n) is 17.0. The van der Waals surface area contributed by atoms with Crippen molar-refractivity contribution >= 4 is 11.9 Å². The molecule has 30 heavy (non-hydrogen) atoms. The van der Waals surface area contributed by atoms with Crippen LogP contribution in [0, 0.1) is 5.92 Å². The number of hydrogen-bond acceptors (Lipinski definition) is 6. The van der Waals surface area contributed by atoms with Gasteiger partial charge in [0.15, 0.2) is 11.2 Å². The Morgan fingerprint density at radius 1 is 0.900 bits per heavy atom. The van der Waals surface area contributed by atoms with E-state index in [1.807, 2.05) is 0 Å². The molecule has 4 bridgehead atoms. The topological polar surface area (TPSA) is 59.1 Å². The van der Waals surface area contributed by atoms with Crippen molar-refractivity contribution in [3.63, 3.8) is 0 Å². The second-order valence-corrected chi connectivity index (χ2v) is 10.6. The number of rotatable bonds is 1. The van der Waals surface area contributed by atoms with E-state index in [0.29, 0.717) is 30.1 Å². The number of carbonyl (C=O) groups excluding carboxylic acids is 2. The molecule has 2 spiro atoms. The van der Waals surface area contributed by atoms with Crippen LogP contribution in [-0.2, 0) is 19.1 Å². The van der Waals surface area contributed by atoms with E-state index in [-0.39, 0.29) is 17.5 Å². The number of hydrogen-bond donors (Lipinski definition) is 0. The van der Waals surface area contributed by atoms with Crippen LogP contribution in [0.2, 0.25) is 0 Å². The van der Waals surface area contributed by atoms with E-state index in [1.54, 1.807) is 12.2 Å². The molecule has 0 aromatic carbocycles. The quantitative estimate of drug-likeness (QED) is 0.620. The zero-order valence-corrected chi connectivity index (χ0v) is 17.0. The monoisotopic (exact) mass is 406 g/mol. The van der Waals surface area contributed by atoms with Crippen LogP contribution < -0.4 is 0 Å². The first kappa shape index (κ1) is 16.7. The van der Waals surface area contributed by atoms with Gasteiger partial charge in [-0.05, 0) is 56.3 Å². The molecule has 0 N–H and O–H groups in total. The Morgan fingerprint density at radius 3 is 2.50 bits per heavy atom. The van der Waals surface area contributed by atoms with Gasteiger partial charge in [-0.3, -0.25) is 9.80 Å². The van der Waals surface area contributed by atoms with E-state index < -0.39 is 5.60 Å². The van der Waals surface area contributed by atoms with Crippen LogP contribution in [-0.4, -0.2) is 70.2 Å². The van der Waals surface area contributed by atoms with Gasteiger partial charge in [-0.1, -0.05) is 6.08 Å². The second kappa shape index (κ2) is 5.10. The third kappa shape index (κ3) is 1.71. The zero-order chi connectivity index (χ0) is 19.8. The smallest absolute Gasteiger partial charge is 0.332 e. The van der Waals surface area contributed by atoms with Crippen LogP contribution in [0.5, 0.6) is 0 Å². The molecule has 2 aliphatic carbocycles. The predicted molar refractivity (Wildman–Crippen MR) is 106 cm³/mol. The standard InChI is InChI=1S/C24H26N2O4/c27-21-8-13-7-16(18-12-23(13,29-21)19-3-2-6-26(18)19)15-9-14-11-24(17(15)10-22(28)30-24)20-4-1-5-25(14)20/h8-10,14,16,18-20H,1-7,11-12H2/t14-,16-,18+,19-,20-,23+,24+/m1/s1. The van der Waals surface area contributed by atoms with Gasteiger partial charge in [-0.15, -0.1) is 0 Å². The van der Waals surface area contributed by atoms with Crippen molar-refractivity contribution in [1.82, 2.24) is 9.80 Å². The van der Waals surface area contributed by atoms with Crippen molar-refractivity contribution in [1.29, 1.82) is 0 Å². The Balaban J connectivity index is 1.27. The van der Waals surface area contributed by atoms with Crippen LogP contribution in [0.15, 0.2) is 34.9 Å². The first-order valence-electron chi connectivity index (χ1n) is 11.7. The summed E-state index contributed by atoms with van der Waals surface area (Å²) in [7, 11) is 0. The van der Waals surface area contributed by atoms with Crippen molar-refractivity contribution in [3.8, 4) is 0 Å². The highest BCUT2D eigenvalue weighted by atomic mass is 16.6. The molecule has 0 aromatic heterocycles. The summed E-state index contributed by atoms with van der Waals surface area (Å²) in [5.74, 6) is -0.0176. The third-order valence-corrected chi connectivity index (χ3v) is 9.65. The first-order chi connectivity index (χ1) is 14.6. The number of fused-ring (bicyclic) bond motifs is 6. The van der Waals surface area contributed by atoms with E-state index >= 15 is 0 Å². The van der Waals surface area contributed by atoms with Gasteiger partial charge in [0.25, 0.3) is 0 Å². The minimum absolute atomic E-state index is 0.161. The molecule has 5 fully saturated rings. The summed E-state index contributed by atoms with van der Waals surface area (Å²) in [6, 6.07) is 1.41. The molecule has 0 unspecified atom stereocenters. The largest absolute Gasteiger partial charge is 0.450 e. The predicted octanol–water partition coefficient (Wildman–Crippen LogP) is 1.86. The Kier molecular flexibility index (Phi) is 2.85. The highest BCUT2D eigenvalue weighted by molar-refractivity contribution is 5.90. The lowest BCUT2D eigenvalue weighted by Gasteiger charge is -2.42. The van der Waals surface area contributed by atoms with Gasteiger partial charge in [0.1, 0.15) is 0 Å². The van der Waals surface area contributed by atoms with Crippen LogP contribution in [0.25, 0.3) is 0 Å². The molecular formula is C24H26N2O4. The maximum absolute atomic E-state index is 12.5. The molecule has 8 aliphatic rings. The maximum Gasteiger partial charge on any atom is 0.332 e. The lowest BCUT2D eigenvalue weighted by Crippen LogP contribution is -2.46. The van der Waals surface area contributed by atoms with Crippen molar-refractivity contribution < 1.29 is 19.1 Å². The van der Waals surface area contributed by atoms with Gasteiger partial charge >= 0.3 is 11.9 Å². The summed E-state index contributed by atoms with van der Waals surface area (Å²) in [6.45, 7) is 2.19. The molecule has 0 amide bonds. The van der Waals surface area contributed by atoms with Crippen molar-refractivity contribution in [2.24, 2.45) is 5.92 Å². The van der Waals surface area contributed by atoms with E-state index in [1.165, 1.54) is 24.0 Å². The van der Waals surface area contributed by atoms with E-state index in [9.17, 15) is 9.59 Å². The Hall–Kier alpha value is -1.92. The van der Waals surface area contributed by atoms with Gasteiger partial charge in [-0.25, -0.2) is 9.59 Å². The second-order valence-electron chi connectivity index (χ2n) is 10.6. The summed E-state index contributed by atoms with van der Waals surface area (Å²) >= 11 is 0. The fraction of sp³-hybridized carbons (Fsp3) is 0.667. The highest BCUT2D eigenvalue weighted by Crippen LogP contribution is 2.61. The lowest BCUT2D eigenvalue weighted by molar-refractivity contribution is -0.148. The van der Waals surface area contributed by atoms with Crippen LogP contribution in [0.3, 0.4) is 0 Å². The maximum atomic E-state index is 12.5.